The molecule has 1 aliphatic rings. The van der Waals surface area contributed by atoms with Crippen LogP contribution in [0.2, 0.25) is 0 Å². The highest BCUT2D eigenvalue weighted by Gasteiger charge is 2.36. The van der Waals surface area contributed by atoms with Gasteiger partial charge in [0.25, 0.3) is 0 Å². The Hall–Kier alpha value is -2.99. The lowest BCUT2D eigenvalue weighted by Gasteiger charge is -2.40. The highest BCUT2D eigenvalue weighted by Crippen LogP contribution is 2.24. The molecule has 1 heterocycles. The summed E-state index contributed by atoms with van der Waals surface area (Å²) in [6.45, 7) is 2.99. The monoisotopic (exact) mass is 459 g/mol. The molecule has 2 unspecified atom stereocenters. The van der Waals surface area contributed by atoms with E-state index >= 15 is 0 Å². The van der Waals surface area contributed by atoms with Crippen LogP contribution in [0.4, 0.5) is 0 Å². The van der Waals surface area contributed by atoms with Crippen LogP contribution >= 0.6 is 0 Å². The van der Waals surface area contributed by atoms with Crippen molar-refractivity contribution in [1.29, 1.82) is 0 Å². The van der Waals surface area contributed by atoms with Crippen LogP contribution in [0.5, 0.6) is 0 Å². The molecule has 1 aliphatic heterocycles. The number of rotatable bonds is 12. The van der Waals surface area contributed by atoms with E-state index in [-0.39, 0.29) is 18.1 Å². The molecule has 1 fully saturated rings. The Balaban J connectivity index is 1.36. The Morgan fingerprint density at radius 1 is 0.706 bits per heavy atom. The molecule has 0 saturated carbocycles. The third-order valence-corrected chi connectivity index (χ3v) is 6.09. The average Bonchev–Trinajstić information content (AvgIpc) is 2.89. The molecule has 0 bridgehead atoms. The van der Waals surface area contributed by atoms with E-state index in [1.807, 2.05) is 83.8 Å². The zero-order valence-corrected chi connectivity index (χ0v) is 19.6. The molecule has 0 aromatic heterocycles. The summed E-state index contributed by atoms with van der Waals surface area (Å²) in [6.07, 6.45) is 1.10. The van der Waals surface area contributed by atoms with Gasteiger partial charge in [-0.1, -0.05) is 91.0 Å². The van der Waals surface area contributed by atoms with Gasteiger partial charge in [0, 0.05) is 13.0 Å². The summed E-state index contributed by atoms with van der Waals surface area (Å²) in [5.74, 6) is 0.135. The first-order valence-corrected chi connectivity index (χ1v) is 12.0. The van der Waals surface area contributed by atoms with Gasteiger partial charge < -0.3 is 19.1 Å². The van der Waals surface area contributed by atoms with Crippen LogP contribution in [0.25, 0.3) is 0 Å². The van der Waals surface area contributed by atoms with Crippen LogP contribution in [0, 0.1) is 0 Å². The molecule has 3 aromatic rings. The normalized spacial score (nSPS) is 18.2. The van der Waals surface area contributed by atoms with E-state index in [0.717, 1.165) is 16.7 Å². The summed E-state index contributed by atoms with van der Waals surface area (Å²) in [4.78, 5) is 14.8. The van der Waals surface area contributed by atoms with Gasteiger partial charge in [-0.2, -0.15) is 0 Å². The number of piperidine rings is 1. The minimum atomic E-state index is -0.144. The molecule has 3 aromatic carbocycles. The quantitative estimate of drug-likeness (QED) is 0.358. The predicted molar refractivity (Wildman–Crippen MR) is 132 cm³/mol. The van der Waals surface area contributed by atoms with Crippen LogP contribution in [-0.4, -0.2) is 42.7 Å². The van der Waals surface area contributed by atoms with E-state index in [1.54, 1.807) is 0 Å². The third kappa shape index (κ3) is 7.26. The van der Waals surface area contributed by atoms with Gasteiger partial charge in [0.15, 0.2) is 0 Å². The first-order chi connectivity index (χ1) is 16.8. The van der Waals surface area contributed by atoms with Crippen LogP contribution < -0.4 is 0 Å². The summed E-state index contributed by atoms with van der Waals surface area (Å²) >= 11 is 0. The summed E-state index contributed by atoms with van der Waals surface area (Å²) in [6, 6.07) is 30.2. The summed E-state index contributed by atoms with van der Waals surface area (Å²) in [5, 5.41) is 0. The molecular formula is C29H33NO4. The van der Waals surface area contributed by atoms with Crippen molar-refractivity contribution in [2.75, 3.05) is 19.8 Å². The number of likely N-dealkylation sites (tertiary alicyclic amines) is 1. The first-order valence-electron chi connectivity index (χ1n) is 12.0. The van der Waals surface area contributed by atoms with Crippen molar-refractivity contribution < 1.29 is 19.0 Å². The lowest BCUT2D eigenvalue weighted by molar-refractivity contribution is -0.151. The van der Waals surface area contributed by atoms with Gasteiger partial charge in [-0.25, -0.2) is 0 Å². The second kappa shape index (κ2) is 13.0. The van der Waals surface area contributed by atoms with Gasteiger partial charge in [-0.05, 0) is 23.1 Å². The van der Waals surface area contributed by atoms with Crippen molar-refractivity contribution in [2.45, 2.75) is 44.8 Å². The minimum absolute atomic E-state index is 0.0807. The van der Waals surface area contributed by atoms with Gasteiger partial charge >= 0.3 is 0 Å². The minimum Gasteiger partial charge on any atom is -0.375 e. The highest BCUT2D eigenvalue weighted by molar-refractivity contribution is 5.77. The lowest BCUT2D eigenvalue weighted by atomic mass is 9.98. The number of benzene rings is 3. The molecule has 1 amide bonds. The molecule has 0 N–H and O–H groups in total. The van der Waals surface area contributed by atoms with Gasteiger partial charge in [0.05, 0.1) is 45.2 Å². The number of hydrogen-bond donors (Lipinski definition) is 0. The number of carbonyl (C=O) groups excluding carboxylic acids is 1. The predicted octanol–water partition coefficient (Wildman–Crippen LogP) is 5.00. The van der Waals surface area contributed by atoms with Crippen molar-refractivity contribution in [1.82, 2.24) is 4.90 Å². The topological polar surface area (TPSA) is 48.0 Å². The Morgan fingerprint density at radius 3 is 1.82 bits per heavy atom. The van der Waals surface area contributed by atoms with Crippen LogP contribution in [0.1, 0.15) is 29.5 Å². The van der Waals surface area contributed by atoms with E-state index in [9.17, 15) is 4.79 Å². The van der Waals surface area contributed by atoms with E-state index in [4.69, 9.17) is 14.2 Å². The lowest BCUT2D eigenvalue weighted by Crippen LogP contribution is -2.55. The molecule has 0 spiro atoms. The molecular weight excluding hydrogens is 426 g/mol. The van der Waals surface area contributed by atoms with Crippen molar-refractivity contribution in [3.8, 4) is 0 Å². The second-order valence-electron chi connectivity index (χ2n) is 8.57. The van der Waals surface area contributed by atoms with Crippen molar-refractivity contribution in [3.05, 3.63) is 108 Å². The standard InChI is InChI=1S/C29H33NO4/c31-29-17-16-28(34-22-26-14-8-3-9-15-26)27(23-33-21-25-12-6-2-7-13-25)30(29)18-19-32-20-24-10-4-1-5-11-24/h1-15,27-28H,16-23H2. The number of carbonyl (C=O) groups is 1. The molecule has 0 radical (unpaired) electrons. The SMILES string of the molecule is O=C1CCC(OCc2ccccc2)C(COCc2ccccc2)N1CCOCc1ccccc1. The van der Waals surface area contributed by atoms with E-state index < -0.39 is 0 Å². The number of nitrogens with zero attached hydrogens (tertiary/aromatic N) is 1. The molecule has 5 nitrogen and oxygen atoms in total. The molecule has 1 saturated heterocycles. The van der Waals surface area contributed by atoms with Crippen LogP contribution in [0.15, 0.2) is 91.0 Å². The molecule has 178 valence electrons. The molecule has 0 aliphatic carbocycles. The largest absolute Gasteiger partial charge is 0.375 e. The van der Waals surface area contributed by atoms with Gasteiger partial charge in [0.2, 0.25) is 5.91 Å². The third-order valence-electron chi connectivity index (χ3n) is 6.09. The van der Waals surface area contributed by atoms with Gasteiger partial charge in [-0.3, -0.25) is 4.79 Å². The molecule has 4 rings (SSSR count). The molecule has 2 atom stereocenters. The maximum Gasteiger partial charge on any atom is 0.223 e. The van der Waals surface area contributed by atoms with Crippen molar-refractivity contribution >= 4 is 5.91 Å². The van der Waals surface area contributed by atoms with Crippen LogP contribution in [0.3, 0.4) is 0 Å². The fourth-order valence-corrected chi connectivity index (χ4v) is 4.25. The highest BCUT2D eigenvalue weighted by atomic mass is 16.5. The zero-order valence-electron chi connectivity index (χ0n) is 19.6. The second-order valence-corrected chi connectivity index (χ2v) is 8.57. The zero-order chi connectivity index (χ0) is 23.4. The molecule has 5 heteroatoms. The van der Waals surface area contributed by atoms with Gasteiger partial charge in [-0.15, -0.1) is 0 Å². The fourth-order valence-electron chi connectivity index (χ4n) is 4.25. The van der Waals surface area contributed by atoms with Crippen LogP contribution in [-0.2, 0) is 38.8 Å². The Bertz CT molecular complexity index is 981. The smallest absolute Gasteiger partial charge is 0.223 e. The van der Waals surface area contributed by atoms with E-state index in [1.165, 1.54) is 0 Å². The Morgan fingerprint density at radius 2 is 1.24 bits per heavy atom. The van der Waals surface area contributed by atoms with Crippen molar-refractivity contribution in [2.24, 2.45) is 0 Å². The van der Waals surface area contributed by atoms with E-state index in [0.29, 0.717) is 52.4 Å². The summed E-state index contributed by atoms with van der Waals surface area (Å²) in [5.41, 5.74) is 3.37. The maximum absolute atomic E-state index is 12.9. The average molecular weight is 460 g/mol. The Labute approximate surface area is 202 Å². The van der Waals surface area contributed by atoms with Gasteiger partial charge in [0.1, 0.15) is 0 Å². The summed E-state index contributed by atoms with van der Waals surface area (Å²) < 4.78 is 18.3. The van der Waals surface area contributed by atoms with Crippen molar-refractivity contribution in [3.63, 3.8) is 0 Å². The first kappa shape index (κ1) is 24.1. The number of hydrogen-bond acceptors (Lipinski definition) is 4. The number of amides is 1. The molecule has 34 heavy (non-hydrogen) atoms. The Kier molecular flexibility index (Phi) is 9.26. The fraction of sp³-hybridized carbons (Fsp3) is 0.345. The van der Waals surface area contributed by atoms with E-state index in [2.05, 4.69) is 12.1 Å². The maximum atomic E-state index is 12.9. The summed E-state index contributed by atoms with van der Waals surface area (Å²) in [7, 11) is 0. The number of ether oxygens (including phenoxy) is 3.